The largest absolute Gasteiger partial charge is 0.469 e. The molecule has 4 heteroatoms. The van der Waals surface area contributed by atoms with Crippen LogP contribution in [0, 0.1) is 12.7 Å². The lowest BCUT2D eigenvalue weighted by molar-refractivity contribution is 0.493. The molecular formula is C16H19BrFNO. The molecule has 0 aliphatic rings. The highest BCUT2D eigenvalue weighted by Crippen LogP contribution is 2.24. The summed E-state index contributed by atoms with van der Waals surface area (Å²) in [4.78, 5) is 0. The number of nitrogens with one attached hydrogen (secondary N) is 1. The molecule has 0 aliphatic carbocycles. The number of halogens is 2. The van der Waals surface area contributed by atoms with Gasteiger partial charge in [-0.3, -0.25) is 0 Å². The molecule has 0 saturated heterocycles. The SMILES string of the molecule is CCCNC(Cc1cc(F)cc(Br)c1)c1ccoc1C. The second-order valence-corrected chi connectivity index (χ2v) is 5.84. The van der Waals surface area contributed by atoms with Gasteiger partial charge in [0.05, 0.1) is 6.26 Å². The van der Waals surface area contributed by atoms with E-state index in [0.717, 1.165) is 40.7 Å². The van der Waals surface area contributed by atoms with E-state index in [0.29, 0.717) is 0 Å². The van der Waals surface area contributed by atoms with E-state index in [1.807, 2.05) is 19.1 Å². The van der Waals surface area contributed by atoms with Crippen molar-refractivity contribution in [3.63, 3.8) is 0 Å². The third kappa shape index (κ3) is 3.93. The van der Waals surface area contributed by atoms with E-state index in [1.54, 1.807) is 12.3 Å². The molecule has 20 heavy (non-hydrogen) atoms. The lowest BCUT2D eigenvalue weighted by atomic mass is 9.99. The van der Waals surface area contributed by atoms with Gasteiger partial charge in [0, 0.05) is 16.1 Å². The number of hydrogen-bond donors (Lipinski definition) is 1. The number of hydrogen-bond acceptors (Lipinski definition) is 2. The van der Waals surface area contributed by atoms with Crippen LogP contribution in [0.3, 0.4) is 0 Å². The fourth-order valence-electron chi connectivity index (χ4n) is 2.33. The first kappa shape index (κ1) is 15.3. The summed E-state index contributed by atoms with van der Waals surface area (Å²) in [5.74, 6) is 0.696. The topological polar surface area (TPSA) is 25.2 Å². The fraction of sp³-hybridized carbons (Fsp3) is 0.375. The third-order valence-corrected chi connectivity index (χ3v) is 3.74. The molecule has 0 radical (unpaired) electrons. The smallest absolute Gasteiger partial charge is 0.124 e. The van der Waals surface area contributed by atoms with E-state index in [1.165, 1.54) is 6.07 Å². The quantitative estimate of drug-likeness (QED) is 0.819. The van der Waals surface area contributed by atoms with E-state index >= 15 is 0 Å². The second-order valence-electron chi connectivity index (χ2n) is 4.92. The van der Waals surface area contributed by atoms with Crippen molar-refractivity contribution in [2.24, 2.45) is 0 Å². The molecule has 2 aromatic rings. The summed E-state index contributed by atoms with van der Waals surface area (Å²) in [6.07, 6.45) is 3.49. The van der Waals surface area contributed by atoms with Gasteiger partial charge >= 0.3 is 0 Å². The predicted octanol–water partition coefficient (Wildman–Crippen LogP) is 4.77. The third-order valence-electron chi connectivity index (χ3n) is 3.28. The van der Waals surface area contributed by atoms with E-state index in [4.69, 9.17) is 4.42 Å². The molecule has 1 N–H and O–H groups in total. The normalized spacial score (nSPS) is 12.6. The number of benzene rings is 1. The second kappa shape index (κ2) is 7.04. The van der Waals surface area contributed by atoms with Gasteiger partial charge in [-0.1, -0.05) is 22.9 Å². The molecule has 2 rings (SSSR count). The van der Waals surface area contributed by atoms with Gasteiger partial charge in [-0.2, -0.15) is 0 Å². The minimum atomic E-state index is -0.215. The molecule has 0 saturated carbocycles. The Morgan fingerprint density at radius 3 is 2.75 bits per heavy atom. The van der Waals surface area contributed by atoms with Gasteiger partial charge in [-0.15, -0.1) is 0 Å². The first-order valence-corrected chi connectivity index (χ1v) is 7.61. The molecule has 1 unspecified atom stereocenters. The Labute approximate surface area is 127 Å². The summed E-state index contributed by atoms with van der Waals surface area (Å²) in [7, 11) is 0. The molecule has 1 aromatic heterocycles. The Morgan fingerprint density at radius 2 is 2.15 bits per heavy atom. The summed E-state index contributed by atoms with van der Waals surface area (Å²) in [6, 6.07) is 7.14. The standard InChI is InChI=1S/C16H19BrFNO/c1-3-5-19-16(15-4-6-20-11(15)2)9-12-7-13(17)10-14(18)8-12/h4,6-8,10,16,19H,3,5,9H2,1-2H3. The number of rotatable bonds is 6. The van der Waals surface area contributed by atoms with Crippen molar-refractivity contribution in [3.8, 4) is 0 Å². The predicted molar refractivity (Wildman–Crippen MR) is 82.3 cm³/mol. The molecule has 1 aromatic carbocycles. The van der Waals surface area contributed by atoms with Crippen LogP contribution in [-0.2, 0) is 6.42 Å². The molecular weight excluding hydrogens is 321 g/mol. The highest BCUT2D eigenvalue weighted by atomic mass is 79.9. The molecule has 2 nitrogen and oxygen atoms in total. The summed E-state index contributed by atoms with van der Waals surface area (Å²) in [5.41, 5.74) is 2.10. The first-order valence-electron chi connectivity index (χ1n) is 6.82. The maximum atomic E-state index is 13.5. The molecule has 108 valence electrons. The van der Waals surface area contributed by atoms with Gasteiger partial charge in [0.1, 0.15) is 11.6 Å². The Balaban J connectivity index is 2.21. The molecule has 0 bridgehead atoms. The monoisotopic (exact) mass is 339 g/mol. The summed E-state index contributed by atoms with van der Waals surface area (Å²) in [5, 5.41) is 3.50. The van der Waals surface area contributed by atoms with Gasteiger partial charge < -0.3 is 9.73 Å². The van der Waals surface area contributed by atoms with E-state index < -0.39 is 0 Å². The molecule has 0 amide bonds. The van der Waals surface area contributed by atoms with Crippen molar-refractivity contribution in [3.05, 3.63) is 57.7 Å². The van der Waals surface area contributed by atoms with Crippen molar-refractivity contribution in [1.29, 1.82) is 0 Å². The number of furan rings is 1. The fourth-order valence-corrected chi connectivity index (χ4v) is 2.84. The summed E-state index contributed by atoms with van der Waals surface area (Å²) in [6.45, 7) is 5.01. The molecule has 1 atom stereocenters. The van der Waals surface area contributed by atoms with Gasteiger partial charge in [-0.25, -0.2) is 4.39 Å². The van der Waals surface area contributed by atoms with E-state index in [2.05, 4.69) is 28.2 Å². The number of aryl methyl sites for hydroxylation is 1. The van der Waals surface area contributed by atoms with Crippen LogP contribution in [0.1, 0.15) is 36.3 Å². The zero-order valence-corrected chi connectivity index (χ0v) is 13.3. The first-order chi connectivity index (χ1) is 9.60. The van der Waals surface area contributed by atoms with E-state index in [-0.39, 0.29) is 11.9 Å². The summed E-state index contributed by atoms with van der Waals surface area (Å²) >= 11 is 3.34. The molecule has 0 fully saturated rings. The Kier molecular flexibility index (Phi) is 5.38. The highest BCUT2D eigenvalue weighted by Gasteiger charge is 2.16. The maximum Gasteiger partial charge on any atom is 0.124 e. The Morgan fingerprint density at radius 1 is 1.35 bits per heavy atom. The minimum absolute atomic E-state index is 0.141. The molecule has 0 spiro atoms. The van der Waals surface area contributed by atoms with Crippen LogP contribution in [0.25, 0.3) is 0 Å². The molecule has 1 heterocycles. The van der Waals surface area contributed by atoms with Crippen molar-refractivity contribution in [2.75, 3.05) is 6.54 Å². The Hall–Kier alpha value is -1.13. The summed E-state index contributed by atoms with van der Waals surface area (Å²) < 4.78 is 19.6. The van der Waals surface area contributed by atoms with Crippen molar-refractivity contribution < 1.29 is 8.81 Å². The van der Waals surface area contributed by atoms with Crippen LogP contribution in [0.15, 0.2) is 39.4 Å². The van der Waals surface area contributed by atoms with Crippen molar-refractivity contribution in [2.45, 2.75) is 32.7 Å². The lowest BCUT2D eigenvalue weighted by Crippen LogP contribution is -2.24. The highest BCUT2D eigenvalue weighted by molar-refractivity contribution is 9.10. The van der Waals surface area contributed by atoms with Gasteiger partial charge in [0.2, 0.25) is 0 Å². The van der Waals surface area contributed by atoms with Crippen LogP contribution < -0.4 is 5.32 Å². The lowest BCUT2D eigenvalue weighted by Gasteiger charge is -2.18. The van der Waals surface area contributed by atoms with Gasteiger partial charge in [-0.05, 0) is 56.1 Å². The average Bonchev–Trinajstić information content (AvgIpc) is 2.79. The maximum absolute atomic E-state index is 13.5. The van der Waals surface area contributed by atoms with E-state index in [9.17, 15) is 4.39 Å². The van der Waals surface area contributed by atoms with Crippen molar-refractivity contribution >= 4 is 15.9 Å². The van der Waals surface area contributed by atoms with Crippen molar-refractivity contribution in [1.82, 2.24) is 5.32 Å². The van der Waals surface area contributed by atoms with Crippen LogP contribution in [0.2, 0.25) is 0 Å². The minimum Gasteiger partial charge on any atom is -0.469 e. The zero-order chi connectivity index (χ0) is 14.5. The Bertz CT molecular complexity index is 547. The van der Waals surface area contributed by atoms with Gasteiger partial charge in [0.15, 0.2) is 0 Å². The van der Waals surface area contributed by atoms with Crippen LogP contribution in [-0.4, -0.2) is 6.54 Å². The zero-order valence-electron chi connectivity index (χ0n) is 11.7. The van der Waals surface area contributed by atoms with Crippen LogP contribution in [0.5, 0.6) is 0 Å². The molecule has 0 aliphatic heterocycles. The van der Waals surface area contributed by atoms with Crippen LogP contribution >= 0.6 is 15.9 Å². The van der Waals surface area contributed by atoms with Gasteiger partial charge in [0.25, 0.3) is 0 Å². The van der Waals surface area contributed by atoms with Crippen LogP contribution in [0.4, 0.5) is 4.39 Å². The average molecular weight is 340 g/mol.